The van der Waals surface area contributed by atoms with E-state index in [1.54, 1.807) is 12.1 Å². The molecule has 4 heterocycles. The lowest BCUT2D eigenvalue weighted by Crippen LogP contribution is -2.51. The number of aromatic nitrogens is 1. The summed E-state index contributed by atoms with van der Waals surface area (Å²) in [6.07, 6.45) is 5.27. The predicted molar refractivity (Wildman–Crippen MR) is 140 cm³/mol. The van der Waals surface area contributed by atoms with E-state index in [0.717, 1.165) is 48.9 Å². The van der Waals surface area contributed by atoms with Gasteiger partial charge in [0.15, 0.2) is 0 Å². The number of carbonyl (C=O) groups excluding carboxylic acids is 2. The van der Waals surface area contributed by atoms with E-state index in [2.05, 4.69) is 39.5 Å². The molecule has 2 aromatic carbocycles. The molecule has 3 aliphatic rings. The molecule has 3 aromatic rings. The second-order valence-electron chi connectivity index (χ2n) is 10.5. The second kappa shape index (κ2) is 9.32. The van der Waals surface area contributed by atoms with Gasteiger partial charge in [0.1, 0.15) is 5.82 Å². The highest BCUT2D eigenvalue weighted by Crippen LogP contribution is 2.40. The lowest BCUT2D eigenvalue weighted by atomic mass is 9.89. The zero-order valence-electron chi connectivity index (χ0n) is 20.4. The average molecular weight is 507 g/mol. The fraction of sp³-hybridized carbons (Fsp3) is 0.429. The van der Waals surface area contributed by atoms with Crippen molar-refractivity contribution in [1.29, 1.82) is 0 Å². The standard InChI is InChI=1S/C28H31FN4O2S/c1-31-16-23(22-5-3-20(29)13-25(22)31)18-8-10-32(11-9-18)14-17-2-4-21-19(12-17)15-33(28(21)36)24-6-7-26(34)30-27(24)35/h2-5,12-13,16,18,24,28,36H,6-11,14-15H2,1H3,(H,30,34,35). The van der Waals surface area contributed by atoms with E-state index in [-0.39, 0.29) is 29.0 Å². The Labute approximate surface area is 215 Å². The number of hydrogen-bond acceptors (Lipinski definition) is 5. The summed E-state index contributed by atoms with van der Waals surface area (Å²) < 4.78 is 15.8. The van der Waals surface area contributed by atoms with E-state index in [4.69, 9.17) is 12.6 Å². The van der Waals surface area contributed by atoms with Crippen molar-refractivity contribution in [3.8, 4) is 0 Å². The molecular formula is C28H31FN4O2S. The maximum Gasteiger partial charge on any atom is 0.243 e. The number of halogens is 1. The normalized spacial score (nSPS) is 23.9. The van der Waals surface area contributed by atoms with Crippen LogP contribution in [-0.4, -0.2) is 45.3 Å². The lowest BCUT2D eigenvalue weighted by molar-refractivity contribution is -0.137. The Balaban J connectivity index is 1.10. The highest BCUT2D eigenvalue weighted by molar-refractivity contribution is 7.80. The van der Waals surface area contributed by atoms with Crippen LogP contribution in [0, 0.1) is 5.82 Å². The maximum atomic E-state index is 13.7. The van der Waals surface area contributed by atoms with E-state index in [0.29, 0.717) is 25.3 Å². The smallest absolute Gasteiger partial charge is 0.243 e. The fourth-order valence-corrected chi connectivity index (χ4v) is 6.76. The summed E-state index contributed by atoms with van der Waals surface area (Å²) in [5.74, 6) is -0.104. The van der Waals surface area contributed by atoms with Gasteiger partial charge < -0.3 is 4.57 Å². The molecule has 36 heavy (non-hydrogen) atoms. The van der Waals surface area contributed by atoms with Gasteiger partial charge in [-0.3, -0.25) is 24.7 Å². The van der Waals surface area contributed by atoms with E-state index < -0.39 is 0 Å². The predicted octanol–water partition coefficient (Wildman–Crippen LogP) is 4.25. The largest absolute Gasteiger partial charge is 0.350 e. The Hall–Kier alpha value is -2.68. The number of piperidine rings is 2. The quantitative estimate of drug-likeness (QED) is 0.411. The van der Waals surface area contributed by atoms with Crippen molar-refractivity contribution in [3.05, 3.63) is 70.7 Å². The Bertz CT molecular complexity index is 1350. The third-order valence-corrected chi connectivity index (χ3v) is 8.75. The molecule has 0 aliphatic carbocycles. The fourth-order valence-electron chi connectivity index (χ4n) is 6.26. The molecule has 2 atom stereocenters. The number of aryl methyl sites for hydroxylation is 1. The molecule has 3 aliphatic heterocycles. The number of amides is 2. The molecule has 1 aromatic heterocycles. The summed E-state index contributed by atoms with van der Waals surface area (Å²) in [6, 6.07) is 11.4. The van der Waals surface area contributed by atoms with Crippen LogP contribution in [0.1, 0.15) is 59.2 Å². The van der Waals surface area contributed by atoms with Gasteiger partial charge in [-0.1, -0.05) is 18.2 Å². The topological polar surface area (TPSA) is 57.6 Å². The van der Waals surface area contributed by atoms with E-state index >= 15 is 0 Å². The van der Waals surface area contributed by atoms with Crippen molar-refractivity contribution >= 4 is 35.3 Å². The molecule has 2 fully saturated rings. The van der Waals surface area contributed by atoms with E-state index in [1.165, 1.54) is 16.7 Å². The molecule has 0 saturated carbocycles. The summed E-state index contributed by atoms with van der Waals surface area (Å²) >= 11 is 4.81. The van der Waals surface area contributed by atoms with E-state index in [1.807, 2.05) is 17.7 Å². The molecule has 0 radical (unpaired) electrons. The molecule has 6 rings (SSSR count). The summed E-state index contributed by atoms with van der Waals surface area (Å²) in [6.45, 7) is 3.62. The van der Waals surface area contributed by atoms with Gasteiger partial charge in [-0.25, -0.2) is 4.39 Å². The van der Waals surface area contributed by atoms with Gasteiger partial charge >= 0.3 is 0 Å². The second-order valence-corrected chi connectivity index (χ2v) is 10.9. The van der Waals surface area contributed by atoms with Crippen LogP contribution in [0.15, 0.2) is 42.6 Å². The Kier molecular flexibility index (Phi) is 6.14. The van der Waals surface area contributed by atoms with Crippen molar-refractivity contribution in [2.24, 2.45) is 7.05 Å². The minimum atomic E-state index is -0.314. The van der Waals surface area contributed by atoms with Crippen LogP contribution in [0.3, 0.4) is 0 Å². The molecule has 188 valence electrons. The van der Waals surface area contributed by atoms with Gasteiger partial charge in [0.05, 0.1) is 16.9 Å². The zero-order chi connectivity index (χ0) is 25.0. The minimum absolute atomic E-state index is 0.136. The number of imide groups is 1. The third-order valence-electron chi connectivity index (χ3n) is 8.18. The number of fused-ring (bicyclic) bond motifs is 2. The van der Waals surface area contributed by atoms with Gasteiger partial charge in [0, 0.05) is 38.1 Å². The minimum Gasteiger partial charge on any atom is -0.350 e. The molecule has 2 saturated heterocycles. The van der Waals surface area contributed by atoms with Gasteiger partial charge in [0.25, 0.3) is 0 Å². The number of rotatable bonds is 4. The summed E-state index contributed by atoms with van der Waals surface area (Å²) in [7, 11) is 1.99. The molecule has 2 amide bonds. The average Bonchev–Trinajstić information content (AvgIpc) is 3.36. The number of likely N-dealkylation sites (tertiary alicyclic amines) is 1. The first-order chi connectivity index (χ1) is 17.4. The number of thiol groups is 1. The first-order valence-electron chi connectivity index (χ1n) is 12.7. The highest BCUT2D eigenvalue weighted by Gasteiger charge is 2.39. The van der Waals surface area contributed by atoms with Crippen LogP contribution in [0.25, 0.3) is 10.9 Å². The monoisotopic (exact) mass is 506 g/mol. The zero-order valence-corrected chi connectivity index (χ0v) is 21.3. The molecular weight excluding hydrogens is 475 g/mol. The van der Waals surface area contributed by atoms with Crippen LogP contribution >= 0.6 is 12.6 Å². The number of carbonyl (C=O) groups is 2. The van der Waals surface area contributed by atoms with Gasteiger partial charge in [-0.2, -0.15) is 12.6 Å². The third kappa shape index (κ3) is 4.25. The van der Waals surface area contributed by atoms with Crippen LogP contribution in [-0.2, 0) is 29.7 Å². The van der Waals surface area contributed by atoms with Crippen molar-refractivity contribution in [2.75, 3.05) is 13.1 Å². The number of nitrogens with one attached hydrogen (secondary N) is 1. The Morgan fingerprint density at radius 3 is 2.64 bits per heavy atom. The van der Waals surface area contributed by atoms with Crippen molar-refractivity contribution < 1.29 is 14.0 Å². The van der Waals surface area contributed by atoms with Crippen LogP contribution < -0.4 is 5.32 Å². The first-order valence-corrected chi connectivity index (χ1v) is 13.2. The van der Waals surface area contributed by atoms with Crippen LogP contribution in [0.4, 0.5) is 4.39 Å². The molecule has 0 bridgehead atoms. The molecule has 1 N–H and O–H groups in total. The molecule has 8 heteroatoms. The van der Waals surface area contributed by atoms with Crippen molar-refractivity contribution in [2.45, 2.75) is 56.1 Å². The molecule has 6 nitrogen and oxygen atoms in total. The van der Waals surface area contributed by atoms with Crippen molar-refractivity contribution in [1.82, 2.24) is 19.7 Å². The van der Waals surface area contributed by atoms with Gasteiger partial charge in [-0.05, 0) is 78.7 Å². The van der Waals surface area contributed by atoms with Crippen LogP contribution in [0.5, 0.6) is 0 Å². The first kappa shape index (κ1) is 23.7. The Morgan fingerprint density at radius 2 is 1.86 bits per heavy atom. The lowest BCUT2D eigenvalue weighted by Gasteiger charge is -2.32. The Morgan fingerprint density at radius 1 is 1.06 bits per heavy atom. The van der Waals surface area contributed by atoms with Gasteiger partial charge in [-0.15, -0.1) is 0 Å². The summed E-state index contributed by atoms with van der Waals surface area (Å²) in [5.41, 5.74) is 5.93. The number of hydrogen-bond donors (Lipinski definition) is 2. The summed E-state index contributed by atoms with van der Waals surface area (Å²) in [4.78, 5) is 28.6. The molecule has 0 spiro atoms. The van der Waals surface area contributed by atoms with Crippen molar-refractivity contribution in [3.63, 3.8) is 0 Å². The molecule has 2 unspecified atom stereocenters. The summed E-state index contributed by atoms with van der Waals surface area (Å²) in [5, 5.41) is 3.50. The SMILES string of the molecule is Cn1cc(C2CCN(Cc3ccc4c(c3)CN(C3CCC(=O)NC3=O)C4S)CC2)c2ccc(F)cc21. The number of benzene rings is 2. The van der Waals surface area contributed by atoms with Gasteiger partial charge in [0.2, 0.25) is 11.8 Å². The number of nitrogens with zero attached hydrogens (tertiary/aromatic N) is 3. The van der Waals surface area contributed by atoms with Crippen LogP contribution in [0.2, 0.25) is 0 Å². The highest BCUT2D eigenvalue weighted by atomic mass is 32.1. The maximum absolute atomic E-state index is 13.7. The van der Waals surface area contributed by atoms with E-state index in [9.17, 15) is 14.0 Å².